The Hall–Kier alpha value is -0.940. The topological polar surface area (TPSA) is 66.4 Å². The zero-order valence-corrected chi connectivity index (χ0v) is 9.49. The molecule has 0 aromatic heterocycles. The van der Waals surface area contributed by atoms with Gasteiger partial charge in [-0.3, -0.25) is 0 Å². The molecule has 1 unspecified atom stereocenters. The van der Waals surface area contributed by atoms with Crippen molar-refractivity contribution in [3.8, 4) is 0 Å². The maximum atomic E-state index is 12.1. The Morgan fingerprint density at radius 1 is 1.53 bits per heavy atom. The first kappa shape index (κ1) is 12.1. The zero-order chi connectivity index (χ0) is 11.6. The third-order valence-electron chi connectivity index (χ3n) is 3.42. The molecule has 3 atom stereocenters. The van der Waals surface area contributed by atoms with Crippen LogP contribution in [0.15, 0.2) is 0 Å². The molecule has 1 aliphatic rings. The van der Waals surface area contributed by atoms with Crippen LogP contribution in [0.4, 0.5) is 4.79 Å². The van der Waals surface area contributed by atoms with Gasteiger partial charge in [0.15, 0.2) is 0 Å². The van der Waals surface area contributed by atoms with Gasteiger partial charge >= 0.3 is 12.0 Å². The lowest BCUT2D eigenvalue weighted by atomic mass is 10.2. The average molecular weight is 215 g/mol. The van der Waals surface area contributed by atoms with E-state index in [2.05, 4.69) is 5.32 Å². The van der Waals surface area contributed by atoms with Crippen LogP contribution in [0, 0.1) is 0 Å². The molecule has 1 rings (SSSR count). The molecular formula is C10H19N2O3+. The van der Waals surface area contributed by atoms with Gasteiger partial charge in [-0.15, -0.1) is 0 Å². The number of carboxylic acid groups (broad SMARTS) is 1. The summed E-state index contributed by atoms with van der Waals surface area (Å²) >= 11 is 0. The van der Waals surface area contributed by atoms with Crippen LogP contribution >= 0.6 is 0 Å². The molecule has 0 aliphatic carbocycles. The van der Waals surface area contributed by atoms with Crippen molar-refractivity contribution in [1.29, 1.82) is 0 Å². The minimum atomic E-state index is -1.02. The minimum Gasteiger partial charge on any atom is -0.435 e. The van der Waals surface area contributed by atoms with Crippen LogP contribution in [-0.2, 0) is 4.79 Å². The predicted octanol–water partition coefficient (Wildman–Crippen LogP) is 0.798. The third-order valence-corrected chi connectivity index (χ3v) is 3.42. The van der Waals surface area contributed by atoms with Crippen LogP contribution in [0.3, 0.4) is 0 Å². The van der Waals surface area contributed by atoms with Gasteiger partial charge < -0.3 is 10.4 Å². The molecule has 0 spiro atoms. The zero-order valence-electron chi connectivity index (χ0n) is 9.49. The molecule has 5 nitrogen and oxygen atoms in total. The molecule has 5 heteroatoms. The summed E-state index contributed by atoms with van der Waals surface area (Å²) in [6.07, 6.45) is 0.580. The van der Waals surface area contributed by atoms with Gasteiger partial charge in [0.05, 0.1) is 6.54 Å². The molecule has 1 aliphatic heterocycles. The Kier molecular flexibility index (Phi) is 3.46. The number of amides is 2. The molecule has 1 heterocycles. The minimum absolute atomic E-state index is 0.120. The lowest BCUT2D eigenvalue weighted by Crippen LogP contribution is -2.63. The number of carbonyl (C=O) groups excluding carboxylic acids is 1. The standard InChI is InChI=1S/C10H18N2O3/c1-7-5-4-6-12(7,10(14)15)9(13)8(2)11-3/h7-8,11H,4-6H2,1-3H3/p+1/t7-,8+,12?/m1/s1. The molecule has 0 radical (unpaired) electrons. The third kappa shape index (κ3) is 1.77. The second-order valence-electron chi connectivity index (χ2n) is 4.21. The van der Waals surface area contributed by atoms with Crippen LogP contribution in [-0.4, -0.2) is 47.3 Å². The summed E-state index contributed by atoms with van der Waals surface area (Å²) in [6.45, 7) is 3.96. The Labute approximate surface area is 89.7 Å². The Bertz CT molecular complexity index is 280. The molecule has 0 saturated carbocycles. The first-order valence-corrected chi connectivity index (χ1v) is 5.29. The van der Waals surface area contributed by atoms with Crippen molar-refractivity contribution in [1.82, 2.24) is 5.32 Å². The number of rotatable bonds is 2. The first-order valence-electron chi connectivity index (χ1n) is 5.29. The molecule has 0 bridgehead atoms. The van der Waals surface area contributed by atoms with Crippen LogP contribution < -0.4 is 5.32 Å². The Balaban J connectivity index is 3.02. The lowest BCUT2D eigenvalue weighted by Gasteiger charge is -2.31. The van der Waals surface area contributed by atoms with Crippen molar-refractivity contribution >= 4 is 12.0 Å². The van der Waals surface area contributed by atoms with E-state index in [1.54, 1.807) is 14.0 Å². The van der Waals surface area contributed by atoms with Crippen molar-refractivity contribution in [2.75, 3.05) is 13.6 Å². The normalized spacial score (nSPS) is 32.6. The van der Waals surface area contributed by atoms with E-state index in [1.807, 2.05) is 6.92 Å². The van der Waals surface area contributed by atoms with Crippen LogP contribution in [0.2, 0.25) is 0 Å². The van der Waals surface area contributed by atoms with Gasteiger partial charge in [0.1, 0.15) is 12.1 Å². The summed E-state index contributed by atoms with van der Waals surface area (Å²) in [5, 5.41) is 12.1. The quantitative estimate of drug-likeness (QED) is 0.669. The van der Waals surface area contributed by atoms with E-state index in [0.717, 1.165) is 12.8 Å². The van der Waals surface area contributed by atoms with Crippen LogP contribution in [0.1, 0.15) is 26.7 Å². The number of carbonyl (C=O) groups is 2. The molecule has 0 aromatic rings. The van der Waals surface area contributed by atoms with Crippen molar-refractivity contribution in [2.45, 2.75) is 38.8 Å². The Morgan fingerprint density at radius 2 is 2.13 bits per heavy atom. The number of nitrogens with one attached hydrogen (secondary N) is 1. The van der Waals surface area contributed by atoms with Gasteiger partial charge in [-0.25, -0.2) is 4.79 Å². The number of likely N-dealkylation sites (tertiary alicyclic amines) is 1. The molecule has 0 aromatic carbocycles. The average Bonchev–Trinajstić information content (AvgIpc) is 2.58. The fraction of sp³-hybridized carbons (Fsp3) is 0.800. The van der Waals surface area contributed by atoms with Gasteiger partial charge in [0.2, 0.25) is 0 Å². The van der Waals surface area contributed by atoms with Crippen molar-refractivity contribution in [3.63, 3.8) is 0 Å². The SMILES string of the molecule is CN[C@@H](C)C(=O)[N+]1(C(=O)O)CCC[C@H]1C. The number of quaternary nitrogens is 1. The summed E-state index contributed by atoms with van der Waals surface area (Å²) < 4.78 is -0.415. The number of likely N-dealkylation sites (N-methyl/N-ethyl adjacent to an activating group) is 1. The van der Waals surface area contributed by atoms with Gasteiger partial charge in [-0.05, 0) is 20.9 Å². The molecule has 15 heavy (non-hydrogen) atoms. The molecule has 1 fully saturated rings. The smallest absolute Gasteiger partial charge is 0.435 e. The van der Waals surface area contributed by atoms with E-state index < -0.39 is 16.6 Å². The summed E-state index contributed by atoms with van der Waals surface area (Å²) in [4.78, 5) is 23.4. The van der Waals surface area contributed by atoms with E-state index in [4.69, 9.17) is 0 Å². The van der Waals surface area contributed by atoms with Gasteiger partial charge in [-0.1, -0.05) is 0 Å². The van der Waals surface area contributed by atoms with Gasteiger partial charge in [-0.2, -0.15) is 9.28 Å². The Morgan fingerprint density at radius 3 is 2.47 bits per heavy atom. The van der Waals surface area contributed by atoms with Gasteiger partial charge in [0, 0.05) is 12.8 Å². The lowest BCUT2D eigenvalue weighted by molar-refractivity contribution is -0.793. The van der Waals surface area contributed by atoms with Crippen LogP contribution in [0.5, 0.6) is 0 Å². The number of hydrogen-bond donors (Lipinski definition) is 2. The highest BCUT2D eigenvalue weighted by atomic mass is 16.4. The summed E-state index contributed by atoms with van der Waals surface area (Å²) in [5.41, 5.74) is 0. The maximum Gasteiger partial charge on any atom is 0.521 e. The van der Waals surface area contributed by atoms with Gasteiger partial charge in [0.25, 0.3) is 0 Å². The molecule has 2 amide bonds. The molecule has 1 saturated heterocycles. The number of nitrogens with zero attached hydrogens (tertiary/aromatic N) is 1. The van der Waals surface area contributed by atoms with E-state index >= 15 is 0 Å². The predicted molar refractivity (Wildman–Crippen MR) is 55.4 cm³/mol. The van der Waals surface area contributed by atoms with Crippen molar-refractivity contribution < 1.29 is 19.2 Å². The van der Waals surface area contributed by atoms with E-state index in [-0.39, 0.29) is 11.9 Å². The fourth-order valence-electron chi connectivity index (χ4n) is 2.25. The highest BCUT2D eigenvalue weighted by molar-refractivity contribution is 5.84. The summed E-state index contributed by atoms with van der Waals surface area (Å²) in [5.74, 6) is -0.241. The molecular weight excluding hydrogens is 196 g/mol. The van der Waals surface area contributed by atoms with Crippen molar-refractivity contribution in [3.05, 3.63) is 0 Å². The highest BCUT2D eigenvalue weighted by Crippen LogP contribution is 2.28. The highest BCUT2D eigenvalue weighted by Gasteiger charge is 2.53. The largest absolute Gasteiger partial charge is 0.521 e. The van der Waals surface area contributed by atoms with E-state index in [1.165, 1.54) is 0 Å². The van der Waals surface area contributed by atoms with E-state index in [9.17, 15) is 14.7 Å². The summed E-state index contributed by atoms with van der Waals surface area (Å²) in [6, 6.07) is -0.535. The molecule has 2 N–H and O–H groups in total. The number of imide groups is 1. The molecule has 86 valence electrons. The van der Waals surface area contributed by atoms with E-state index in [0.29, 0.717) is 6.54 Å². The first-order chi connectivity index (χ1) is 6.96. The fourth-order valence-corrected chi connectivity index (χ4v) is 2.25. The second-order valence-corrected chi connectivity index (χ2v) is 4.21. The second kappa shape index (κ2) is 4.28. The summed E-state index contributed by atoms with van der Waals surface area (Å²) in [7, 11) is 1.67. The monoisotopic (exact) mass is 215 g/mol. The maximum absolute atomic E-state index is 12.1. The van der Waals surface area contributed by atoms with Crippen LogP contribution in [0.25, 0.3) is 0 Å². The van der Waals surface area contributed by atoms with Crippen molar-refractivity contribution in [2.24, 2.45) is 0 Å². The number of hydrogen-bond acceptors (Lipinski definition) is 3.